The van der Waals surface area contributed by atoms with E-state index in [-0.39, 0.29) is 0 Å². The maximum Gasteiger partial charge on any atom is 0.00103 e. The second-order valence-electron chi connectivity index (χ2n) is 5.38. The molecule has 0 radical (unpaired) electrons. The lowest BCUT2D eigenvalue weighted by molar-refractivity contribution is 0.0405. The van der Waals surface area contributed by atoms with Crippen LogP contribution in [0.4, 0.5) is 0 Å². The number of hydrogen-bond acceptors (Lipinski definition) is 1. The normalized spacial score (nSPS) is 21.2. The summed E-state index contributed by atoms with van der Waals surface area (Å²) in [4.78, 5) is 0. The summed E-state index contributed by atoms with van der Waals surface area (Å²) in [6, 6.07) is 0.650. The first-order chi connectivity index (χ1) is 6.62. The zero-order valence-corrected chi connectivity index (χ0v) is 10.4. The third-order valence-electron chi connectivity index (χ3n) is 4.05. The molecule has 1 rings (SSSR count). The van der Waals surface area contributed by atoms with Gasteiger partial charge in [0.15, 0.2) is 0 Å². The highest BCUT2D eigenvalue weighted by Gasteiger charge is 2.40. The lowest BCUT2D eigenvalue weighted by Gasteiger charge is -2.47. The molecule has 0 aromatic carbocycles. The summed E-state index contributed by atoms with van der Waals surface area (Å²) >= 11 is 0. The molecule has 0 amide bonds. The summed E-state index contributed by atoms with van der Waals surface area (Å²) in [6.07, 6.45) is 7.13. The van der Waals surface area contributed by atoms with Crippen molar-refractivity contribution >= 4 is 0 Å². The summed E-state index contributed by atoms with van der Waals surface area (Å²) in [6.45, 7) is 10.4. The zero-order chi connectivity index (χ0) is 10.6. The van der Waals surface area contributed by atoms with E-state index >= 15 is 0 Å². The van der Waals surface area contributed by atoms with Gasteiger partial charge in [-0.2, -0.15) is 0 Å². The first-order valence-corrected chi connectivity index (χ1v) is 6.35. The fourth-order valence-corrected chi connectivity index (χ4v) is 2.77. The van der Waals surface area contributed by atoms with Crippen LogP contribution in [0.3, 0.4) is 0 Å². The lowest BCUT2D eigenvalue weighted by atomic mass is 9.58. The standard InChI is InChI=1S/C13H27N/c1-5-13(6-2)9-12(10-13)7-8-14-11(3)4/h11-12,14H,5-10H2,1-4H3. The van der Waals surface area contributed by atoms with Gasteiger partial charge in [-0.3, -0.25) is 0 Å². The van der Waals surface area contributed by atoms with Crippen LogP contribution in [0.2, 0.25) is 0 Å². The Morgan fingerprint density at radius 2 is 1.79 bits per heavy atom. The average Bonchev–Trinajstić information content (AvgIpc) is 2.09. The molecule has 0 saturated heterocycles. The Morgan fingerprint density at radius 3 is 2.21 bits per heavy atom. The third-order valence-corrected chi connectivity index (χ3v) is 4.05. The molecule has 0 aromatic heterocycles. The van der Waals surface area contributed by atoms with Crippen molar-refractivity contribution in [3.63, 3.8) is 0 Å². The summed E-state index contributed by atoms with van der Waals surface area (Å²) in [5.41, 5.74) is 0.739. The van der Waals surface area contributed by atoms with Gasteiger partial charge in [-0.1, -0.05) is 40.5 Å². The topological polar surface area (TPSA) is 12.0 Å². The van der Waals surface area contributed by atoms with Crippen LogP contribution in [0.1, 0.15) is 59.8 Å². The first-order valence-electron chi connectivity index (χ1n) is 6.35. The Morgan fingerprint density at radius 1 is 1.21 bits per heavy atom. The minimum Gasteiger partial charge on any atom is -0.315 e. The van der Waals surface area contributed by atoms with E-state index in [0.717, 1.165) is 11.3 Å². The molecule has 1 nitrogen and oxygen atoms in total. The van der Waals surface area contributed by atoms with Crippen LogP contribution >= 0.6 is 0 Å². The molecule has 0 bridgehead atoms. The summed E-state index contributed by atoms with van der Waals surface area (Å²) in [7, 11) is 0. The molecule has 0 heterocycles. The zero-order valence-electron chi connectivity index (χ0n) is 10.4. The van der Waals surface area contributed by atoms with Crippen molar-refractivity contribution in [2.75, 3.05) is 6.54 Å². The van der Waals surface area contributed by atoms with Crippen molar-refractivity contribution in [2.24, 2.45) is 11.3 Å². The van der Waals surface area contributed by atoms with E-state index in [0.29, 0.717) is 6.04 Å². The Hall–Kier alpha value is -0.0400. The Kier molecular flexibility index (Phi) is 4.43. The predicted molar refractivity (Wildman–Crippen MR) is 63.5 cm³/mol. The van der Waals surface area contributed by atoms with Crippen molar-refractivity contribution in [1.29, 1.82) is 0 Å². The van der Waals surface area contributed by atoms with Gasteiger partial charge in [0.05, 0.1) is 0 Å². The molecule has 1 heteroatoms. The third kappa shape index (κ3) is 2.98. The van der Waals surface area contributed by atoms with Crippen LogP contribution in [0.25, 0.3) is 0 Å². The molecule has 14 heavy (non-hydrogen) atoms. The molecule has 0 aromatic rings. The van der Waals surface area contributed by atoms with Crippen LogP contribution in [0, 0.1) is 11.3 Å². The van der Waals surface area contributed by atoms with Crippen LogP contribution < -0.4 is 5.32 Å². The summed E-state index contributed by atoms with van der Waals surface area (Å²) in [5.74, 6) is 1.01. The molecule has 84 valence electrons. The van der Waals surface area contributed by atoms with Gasteiger partial charge in [-0.15, -0.1) is 0 Å². The van der Waals surface area contributed by atoms with Gasteiger partial charge in [0, 0.05) is 6.04 Å². The molecule has 0 atom stereocenters. The highest BCUT2D eigenvalue weighted by atomic mass is 14.9. The Labute approximate surface area is 89.7 Å². The number of hydrogen-bond donors (Lipinski definition) is 1. The second-order valence-corrected chi connectivity index (χ2v) is 5.38. The molecular weight excluding hydrogens is 170 g/mol. The monoisotopic (exact) mass is 197 g/mol. The molecule has 0 aliphatic heterocycles. The van der Waals surface area contributed by atoms with Crippen molar-refractivity contribution in [3.8, 4) is 0 Å². The number of nitrogens with one attached hydrogen (secondary N) is 1. The van der Waals surface area contributed by atoms with E-state index in [1.54, 1.807) is 0 Å². The smallest absolute Gasteiger partial charge is 0.00103 e. The maximum absolute atomic E-state index is 3.51. The molecule has 1 saturated carbocycles. The first kappa shape index (κ1) is 12.0. The summed E-state index contributed by atoms with van der Waals surface area (Å²) in [5, 5.41) is 3.51. The number of rotatable bonds is 6. The van der Waals surface area contributed by atoms with E-state index in [4.69, 9.17) is 0 Å². The SMILES string of the molecule is CCC1(CC)CC(CCNC(C)C)C1. The quantitative estimate of drug-likeness (QED) is 0.686. The van der Waals surface area contributed by atoms with Gasteiger partial charge in [-0.05, 0) is 37.1 Å². The van der Waals surface area contributed by atoms with E-state index in [9.17, 15) is 0 Å². The van der Waals surface area contributed by atoms with Gasteiger partial charge in [0.25, 0.3) is 0 Å². The largest absolute Gasteiger partial charge is 0.315 e. The second kappa shape index (κ2) is 5.16. The van der Waals surface area contributed by atoms with E-state index < -0.39 is 0 Å². The minimum atomic E-state index is 0.650. The summed E-state index contributed by atoms with van der Waals surface area (Å²) < 4.78 is 0. The van der Waals surface area contributed by atoms with Crippen molar-refractivity contribution < 1.29 is 0 Å². The molecule has 1 aliphatic rings. The van der Waals surface area contributed by atoms with E-state index in [2.05, 4.69) is 33.0 Å². The van der Waals surface area contributed by atoms with Crippen molar-refractivity contribution in [3.05, 3.63) is 0 Å². The molecule has 0 unspecified atom stereocenters. The van der Waals surface area contributed by atoms with Crippen LogP contribution in [-0.4, -0.2) is 12.6 Å². The average molecular weight is 197 g/mol. The minimum absolute atomic E-state index is 0.650. The fraction of sp³-hybridized carbons (Fsp3) is 1.00. The highest BCUT2D eigenvalue weighted by molar-refractivity contribution is 4.91. The Bertz CT molecular complexity index is 151. The van der Waals surface area contributed by atoms with Gasteiger partial charge in [-0.25, -0.2) is 0 Å². The van der Waals surface area contributed by atoms with Gasteiger partial charge < -0.3 is 5.32 Å². The van der Waals surface area contributed by atoms with E-state index in [1.807, 2.05) is 0 Å². The van der Waals surface area contributed by atoms with Crippen molar-refractivity contribution in [2.45, 2.75) is 65.8 Å². The highest BCUT2D eigenvalue weighted by Crippen LogP contribution is 2.51. The van der Waals surface area contributed by atoms with Gasteiger partial charge in [0.1, 0.15) is 0 Å². The molecule has 1 aliphatic carbocycles. The van der Waals surface area contributed by atoms with Crippen LogP contribution in [0.15, 0.2) is 0 Å². The van der Waals surface area contributed by atoms with Gasteiger partial charge >= 0.3 is 0 Å². The molecular formula is C13H27N. The molecule has 1 N–H and O–H groups in total. The van der Waals surface area contributed by atoms with E-state index in [1.165, 1.54) is 38.6 Å². The fourth-order valence-electron chi connectivity index (χ4n) is 2.77. The van der Waals surface area contributed by atoms with Crippen LogP contribution in [-0.2, 0) is 0 Å². The molecule has 1 fully saturated rings. The lowest BCUT2D eigenvalue weighted by Crippen LogP contribution is -2.38. The predicted octanol–water partition coefficient (Wildman–Crippen LogP) is 3.59. The van der Waals surface area contributed by atoms with Crippen molar-refractivity contribution in [1.82, 2.24) is 5.32 Å². The maximum atomic E-state index is 3.51. The van der Waals surface area contributed by atoms with Gasteiger partial charge in [0.2, 0.25) is 0 Å². The molecule has 0 spiro atoms. The van der Waals surface area contributed by atoms with Crippen LogP contribution in [0.5, 0.6) is 0 Å². The Balaban J connectivity index is 2.09.